The average Bonchev–Trinajstić information content (AvgIpc) is 3.74. The Morgan fingerprint density at radius 2 is 1.95 bits per heavy atom. The molecule has 0 saturated heterocycles. The summed E-state index contributed by atoms with van der Waals surface area (Å²) in [4.78, 5) is 21.2. The van der Waals surface area contributed by atoms with Crippen LogP contribution in [0.15, 0.2) is 77.5 Å². The number of nitrogens with one attached hydrogen (secondary N) is 1. The first-order chi connectivity index (χ1) is 19.8. The van der Waals surface area contributed by atoms with Crippen molar-refractivity contribution < 1.29 is 27.4 Å². The van der Waals surface area contributed by atoms with Crippen molar-refractivity contribution in [1.82, 2.24) is 30.0 Å². The molecule has 0 bridgehead atoms. The van der Waals surface area contributed by atoms with Gasteiger partial charge in [0.1, 0.15) is 10.7 Å². The number of nitrogens with zero attached hydrogens (tertiary/aromatic N) is 5. The second-order valence-corrected chi connectivity index (χ2v) is 10.6. The molecule has 0 saturated carbocycles. The zero-order valence-electron chi connectivity index (χ0n) is 21.0. The number of aromatic nitrogens is 5. The topological polar surface area (TPSA) is 104 Å². The highest BCUT2D eigenvalue weighted by molar-refractivity contribution is 7.98. The lowest BCUT2D eigenvalue weighted by Crippen LogP contribution is -2.23. The number of benzene rings is 2. The second-order valence-electron chi connectivity index (χ2n) is 8.72. The Morgan fingerprint density at radius 3 is 2.78 bits per heavy atom. The number of ether oxygens (including phenoxy) is 2. The smallest absolute Gasteiger partial charge is 0.416 e. The van der Waals surface area contributed by atoms with E-state index < -0.39 is 11.7 Å². The Bertz CT molecular complexity index is 1710. The van der Waals surface area contributed by atoms with Gasteiger partial charge in [-0.25, -0.2) is 4.98 Å². The van der Waals surface area contributed by atoms with Crippen LogP contribution < -0.4 is 14.8 Å². The third-order valence-electron chi connectivity index (χ3n) is 5.98. The molecule has 3 aromatic heterocycles. The molecule has 0 aliphatic carbocycles. The zero-order chi connectivity index (χ0) is 28.4. The maximum absolute atomic E-state index is 13.5. The number of amides is 1. The first kappa shape index (κ1) is 26.8. The molecule has 4 heterocycles. The lowest BCUT2D eigenvalue weighted by molar-refractivity contribution is -0.137. The first-order valence-corrected chi connectivity index (χ1v) is 14.0. The number of carbonyl (C=O) groups excluding carboxylic acids is 1. The largest absolute Gasteiger partial charge is 0.454 e. The lowest BCUT2D eigenvalue weighted by atomic mass is 10.2. The number of carbonyl (C=O) groups is 1. The fourth-order valence-corrected chi connectivity index (χ4v) is 5.78. The number of fused-ring (bicyclic) bond motifs is 1. The van der Waals surface area contributed by atoms with Crippen molar-refractivity contribution in [3.63, 3.8) is 0 Å². The van der Waals surface area contributed by atoms with Gasteiger partial charge in [-0.2, -0.15) is 13.2 Å². The standard InChI is InChI=1S/C27H19F3N6O3S2/c28-27(29,30)18-4-1-5-19(10-18)36-24(17-3-2-8-31-12-17)34-35-26(36)41-14-23-33-20(13-40-23)25(37)32-11-16-6-7-21-22(9-16)39-15-38-21/h1-10,12-13H,11,14-15H2,(H,32,37). The number of thiazole rings is 1. The highest BCUT2D eigenvalue weighted by atomic mass is 32.2. The highest BCUT2D eigenvalue weighted by Crippen LogP contribution is 2.35. The summed E-state index contributed by atoms with van der Waals surface area (Å²) in [6.07, 6.45) is -1.35. The van der Waals surface area contributed by atoms with E-state index in [9.17, 15) is 18.0 Å². The van der Waals surface area contributed by atoms with Gasteiger partial charge < -0.3 is 14.8 Å². The molecule has 5 aromatic rings. The minimum atomic E-state index is -4.51. The first-order valence-electron chi connectivity index (χ1n) is 12.1. The van der Waals surface area contributed by atoms with Gasteiger partial charge in [-0.15, -0.1) is 21.5 Å². The number of hydrogen-bond acceptors (Lipinski definition) is 9. The van der Waals surface area contributed by atoms with Gasteiger partial charge in [0, 0.05) is 29.9 Å². The lowest BCUT2D eigenvalue weighted by Gasteiger charge is -2.13. The molecule has 0 unspecified atom stereocenters. The van der Waals surface area contributed by atoms with Crippen LogP contribution in [0.5, 0.6) is 11.5 Å². The van der Waals surface area contributed by atoms with Gasteiger partial charge >= 0.3 is 6.18 Å². The number of hydrogen-bond donors (Lipinski definition) is 1. The molecule has 9 nitrogen and oxygen atoms in total. The van der Waals surface area contributed by atoms with Crippen LogP contribution in [0.4, 0.5) is 13.2 Å². The van der Waals surface area contributed by atoms with Crippen molar-refractivity contribution in [2.45, 2.75) is 23.6 Å². The maximum Gasteiger partial charge on any atom is 0.416 e. The summed E-state index contributed by atoms with van der Waals surface area (Å²) in [5, 5.41) is 14.0. The van der Waals surface area contributed by atoms with E-state index in [0.717, 1.165) is 17.7 Å². The molecule has 1 aliphatic heterocycles. The van der Waals surface area contributed by atoms with E-state index in [1.54, 1.807) is 46.6 Å². The molecule has 2 aromatic carbocycles. The van der Waals surface area contributed by atoms with Crippen LogP contribution in [0.3, 0.4) is 0 Å². The number of alkyl halides is 3. The van der Waals surface area contributed by atoms with Gasteiger partial charge in [-0.3, -0.25) is 14.3 Å². The summed E-state index contributed by atoms with van der Waals surface area (Å²) >= 11 is 2.55. The minimum Gasteiger partial charge on any atom is -0.454 e. The SMILES string of the molecule is O=C(NCc1ccc2c(c1)OCO2)c1csc(CSc2nnc(-c3cccnc3)n2-c2cccc(C(F)(F)F)c2)n1. The number of thioether (sulfide) groups is 1. The van der Waals surface area contributed by atoms with Gasteiger partial charge in [0.15, 0.2) is 22.5 Å². The van der Waals surface area contributed by atoms with E-state index in [2.05, 4.69) is 25.5 Å². The van der Waals surface area contributed by atoms with E-state index in [0.29, 0.717) is 38.8 Å². The van der Waals surface area contributed by atoms with Gasteiger partial charge in [-0.05, 0) is 48.0 Å². The van der Waals surface area contributed by atoms with E-state index in [-0.39, 0.29) is 30.6 Å². The highest BCUT2D eigenvalue weighted by Gasteiger charge is 2.31. The van der Waals surface area contributed by atoms with Gasteiger partial charge in [0.25, 0.3) is 5.91 Å². The molecule has 1 aliphatic rings. The van der Waals surface area contributed by atoms with Crippen LogP contribution >= 0.6 is 23.1 Å². The molecule has 1 N–H and O–H groups in total. The summed E-state index contributed by atoms with van der Waals surface area (Å²) in [5.74, 6) is 1.64. The molecular weight excluding hydrogens is 577 g/mol. The molecule has 208 valence electrons. The monoisotopic (exact) mass is 596 g/mol. The van der Waals surface area contributed by atoms with Gasteiger partial charge in [-0.1, -0.05) is 23.9 Å². The average molecular weight is 597 g/mol. The predicted octanol–water partition coefficient (Wildman–Crippen LogP) is 5.76. The van der Waals surface area contributed by atoms with E-state index in [1.165, 1.54) is 29.2 Å². The van der Waals surface area contributed by atoms with Crippen molar-refractivity contribution in [2.75, 3.05) is 6.79 Å². The van der Waals surface area contributed by atoms with Crippen LogP contribution in [0.2, 0.25) is 0 Å². The Labute approximate surface area is 239 Å². The minimum absolute atomic E-state index is 0.172. The number of pyridine rings is 1. The Morgan fingerprint density at radius 1 is 1.07 bits per heavy atom. The third-order valence-corrected chi connectivity index (χ3v) is 7.96. The summed E-state index contributed by atoms with van der Waals surface area (Å²) in [6, 6.07) is 13.9. The molecular formula is C27H19F3N6O3S2. The maximum atomic E-state index is 13.5. The second kappa shape index (κ2) is 11.2. The molecule has 0 fully saturated rings. The summed E-state index contributed by atoms with van der Waals surface area (Å²) < 4.78 is 52.6. The van der Waals surface area contributed by atoms with E-state index >= 15 is 0 Å². The summed E-state index contributed by atoms with van der Waals surface area (Å²) in [7, 11) is 0. The van der Waals surface area contributed by atoms with Crippen molar-refractivity contribution in [1.29, 1.82) is 0 Å². The normalized spacial score (nSPS) is 12.5. The molecule has 14 heteroatoms. The van der Waals surface area contributed by atoms with Gasteiger partial charge in [0.2, 0.25) is 6.79 Å². The Hall–Kier alpha value is -4.43. The number of halogens is 3. The number of rotatable bonds is 8. The van der Waals surface area contributed by atoms with E-state index in [1.807, 2.05) is 12.1 Å². The van der Waals surface area contributed by atoms with Crippen LogP contribution in [0.1, 0.15) is 26.6 Å². The fraction of sp³-hybridized carbons (Fsp3) is 0.148. The summed E-state index contributed by atoms with van der Waals surface area (Å²) in [5.41, 5.74) is 1.19. The van der Waals surface area contributed by atoms with Crippen LogP contribution in [-0.2, 0) is 18.5 Å². The van der Waals surface area contributed by atoms with Crippen LogP contribution in [0, 0.1) is 0 Å². The van der Waals surface area contributed by atoms with Crippen molar-refractivity contribution in [3.05, 3.63) is 94.2 Å². The molecule has 6 rings (SSSR count). The van der Waals surface area contributed by atoms with Crippen LogP contribution in [-0.4, -0.2) is 37.4 Å². The zero-order valence-corrected chi connectivity index (χ0v) is 22.6. The van der Waals surface area contributed by atoms with E-state index in [4.69, 9.17) is 9.47 Å². The Kier molecular flexibility index (Phi) is 7.32. The van der Waals surface area contributed by atoms with Crippen molar-refractivity contribution in [2.24, 2.45) is 0 Å². The quantitative estimate of drug-likeness (QED) is 0.226. The predicted molar refractivity (Wildman–Crippen MR) is 145 cm³/mol. The molecule has 41 heavy (non-hydrogen) atoms. The molecule has 0 atom stereocenters. The van der Waals surface area contributed by atoms with Crippen LogP contribution in [0.25, 0.3) is 17.1 Å². The molecule has 0 radical (unpaired) electrons. The summed E-state index contributed by atoms with van der Waals surface area (Å²) in [6.45, 7) is 0.458. The molecule has 0 spiro atoms. The molecule has 1 amide bonds. The Balaban J connectivity index is 1.18. The van der Waals surface area contributed by atoms with Gasteiger partial charge in [0.05, 0.1) is 17.0 Å². The fourth-order valence-electron chi connectivity index (χ4n) is 4.03. The van der Waals surface area contributed by atoms with Crippen molar-refractivity contribution in [3.8, 4) is 28.6 Å². The van der Waals surface area contributed by atoms with Crippen molar-refractivity contribution >= 4 is 29.0 Å². The third kappa shape index (κ3) is 5.88.